The van der Waals surface area contributed by atoms with E-state index in [1.165, 1.54) is 12.8 Å². The molecule has 1 atom stereocenters. The molecule has 2 heterocycles. The van der Waals surface area contributed by atoms with Crippen LogP contribution in [0.5, 0.6) is 0 Å². The molecule has 1 aliphatic rings. The van der Waals surface area contributed by atoms with Crippen molar-refractivity contribution in [2.75, 3.05) is 18.9 Å². The Morgan fingerprint density at radius 2 is 1.97 bits per heavy atom. The van der Waals surface area contributed by atoms with E-state index in [1.54, 1.807) is 0 Å². The molecular formula is C30H45N3O3. The molecule has 3 rings (SSSR count). The molecule has 1 aromatic heterocycles. The normalized spacial score (nSPS) is 16.4. The summed E-state index contributed by atoms with van der Waals surface area (Å²) < 4.78 is 11.7. The molecule has 0 aliphatic carbocycles. The van der Waals surface area contributed by atoms with Gasteiger partial charge in [-0.25, -0.2) is 4.98 Å². The maximum atomic E-state index is 12.6. The molecule has 0 spiro atoms. The Balaban J connectivity index is 1.71. The predicted octanol–water partition coefficient (Wildman–Crippen LogP) is 7.20. The number of fused-ring (bicyclic) bond motifs is 3. The molecule has 6 nitrogen and oxygen atoms in total. The van der Waals surface area contributed by atoms with Crippen molar-refractivity contribution in [1.82, 2.24) is 4.98 Å². The predicted molar refractivity (Wildman–Crippen MR) is 149 cm³/mol. The molecule has 6 heteroatoms. The lowest BCUT2D eigenvalue weighted by Gasteiger charge is -2.31. The van der Waals surface area contributed by atoms with Crippen LogP contribution in [0.4, 0.5) is 11.5 Å². The summed E-state index contributed by atoms with van der Waals surface area (Å²) in [5, 5.41) is 1.10. The smallest absolute Gasteiger partial charge is 0.306 e. The van der Waals surface area contributed by atoms with E-state index >= 15 is 0 Å². The first-order valence-electron chi connectivity index (χ1n) is 13.7. The fourth-order valence-corrected chi connectivity index (χ4v) is 5.24. The van der Waals surface area contributed by atoms with Gasteiger partial charge in [0, 0.05) is 24.1 Å². The van der Waals surface area contributed by atoms with Crippen LogP contribution in [0.1, 0.15) is 91.5 Å². The molecule has 2 N–H and O–H groups in total. The number of nitrogen functional groups attached to an aromatic ring is 1. The molecule has 0 radical (unpaired) electrons. The van der Waals surface area contributed by atoms with Crippen LogP contribution < -0.4 is 5.73 Å². The Labute approximate surface area is 217 Å². The maximum Gasteiger partial charge on any atom is 0.306 e. The van der Waals surface area contributed by atoms with Gasteiger partial charge in [0.1, 0.15) is 17.1 Å². The van der Waals surface area contributed by atoms with Gasteiger partial charge < -0.3 is 15.2 Å². The third kappa shape index (κ3) is 8.29. The summed E-state index contributed by atoms with van der Waals surface area (Å²) in [6.45, 7) is 11.6. The van der Waals surface area contributed by atoms with Crippen LogP contribution in [-0.2, 0) is 20.7 Å². The highest BCUT2D eigenvalue weighted by Gasteiger charge is 2.29. The minimum absolute atomic E-state index is 0.0891. The van der Waals surface area contributed by atoms with Crippen LogP contribution in [0.3, 0.4) is 0 Å². The molecule has 0 saturated carbocycles. The van der Waals surface area contributed by atoms with Gasteiger partial charge >= 0.3 is 5.97 Å². The zero-order valence-corrected chi connectivity index (χ0v) is 22.9. The first-order valence-corrected chi connectivity index (χ1v) is 13.7. The van der Waals surface area contributed by atoms with Crippen LogP contribution in [0.15, 0.2) is 29.3 Å². The molecule has 0 saturated heterocycles. The molecule has 198 valence electrons. The zero-order chi connectivity index (χ0) is 26.1. The number of ether oxygens (including phenoxy) is 2. The lowest BCUT2D eigenvalue weighted by molar-refractivity contribution is -0.158. The number of nitrogens with two attached hydrogens (primary N) is 1. The van der Waals surface area contributed by atoms with Crippen molar-refractivity contribution in [3.8, 4) is 0 Å². The minimum Gasteiger partial charge on any atom is -0.460 e. The van der Waals surface area contributed by atoms with Crippen LogP contribution >= 0.6 is 0 Å². The number of esters is 1. The number of para-hydroxylation sites is 1. The Bertz CT molecular complexity index is 1050. The van der Waals surface area contributed by atoms with Gasteiger partial charge in [-0.1, -0.05) is 51.3 Å². The van der Waals surface area contributed by atoms with E-state index < -0.39 is 5.60 Å². The maximum absolute atomic E-state index is 12.6. The van der Waals surface area contributed by atoms with Gasteiger partial charge in [-0.2, -0.15) is 0 Å². The van der Waals surface area contributed by atoms with Crippen LogP contribution in [0.25, 0.3) is 10.9 Å². The van der Waals surface area contributed by atoms with E-state index in [4.69, 9.17) is 20.2 Å². The summed E-state index contributed by atoms with van der Waals surface area (Å²) in [6, 6.07) is 8.12. The lowest BCUT2D eigenvalue weighted by Crippen LogP contribution is -2.32. The number of carbonyl (C=O) groups is 1. The van der Waals surface area contributed by atoms with Gasteiger partial charge in [-0.15, -0.1) is 0 Å². The third-order valence-corrected chi connectivity index (χ3v) is 6.90. The van der Waals surface area contributed by atoms with Gasteiger partial charge in [0.25, 0.3) is 0 Å². The monoisotopic (exact) mass is 495 g/mol. The number of unbranched alkanes of at least 4 members (excludes halogenated alkanes) is 2. The highest BCUT2D eigenvalue weighted by Crippen LogP contribution is 2.38. The molecular weight excluding hydrogens is 450 g/mol. The Kier molecular flexibility index (Phi) is 10.3. The summed E-state index contributed by atoms with van der Waals surface area (Å²) in [7, 11) is 0. The summed E-state index contributed by atoms with van der Waals surface area (Å²) in [6.07, 6.45) is 8.26. The summed E-state index contributed by atoms with van der Waals surface area (Å²) in [5.74, 6) is 1.42. The number of aliphatic imine (C=N–C) groups is 1. The van der Waals surface area contributed by atoms with Crippen molar-refractivity contribution >= 4 is 34.1 Å². The van der Waals surface area contributed by atoms with Gasteiger partial charge in [0.05, 0.1) is 12.1 Å². The lowest BCUT2D eigenvalue weighted by atomic mass is 9.83. The first kappa shape index (κ1) is 28.1. The fraction of sp³-hybridized carbons (Fsp3) is 0.633. The van der Waals surface area contributed by atoms with E-state index in [0.717, 1.165) is 66.4 Å². The van der Waals surface area contributed by atoms with E-state index in [-0.39, 0.29) is 5.97 Å². The van der Waals surface area contributed by atoms with Crippen molar-refractivity contribution in [2.45, 2.75) is 98.0 Å². The number of nitrogens with zero attached hydrogens (tertiary/aromatic N) is 2. The molecule has 2 aromatic rings. The SMILES string of the molecule is CCOCC1=Nc2c(N)nc3ccccc3c2CCC(CC(C)(C)OC(=O)CCCCCC(C)C)C1. The standard InChI is InChI=1S/C30H45N3O3/c1-6-35-20-23-18-22(19-30(4,5)36-27(34)15-9-7-8-12-21(2)3)16-17-25-24-13-10-11-14-26(24)33-29(31)28(25)32-23/h10-11,13-14,21-22H,6-9,12,15-20H2,1-5H3,(H2,31,33). The number of anilines is 1. The second kappa shape index (κ2) is 13.2. The van der Waals surface area contributed by atoms with Crippen molar-refractivity contribution in [2.24, 2.45) is 16.8 Å². The molecule has 1 aromatic carbocycles. The highest BCUT2D eigenvalue weighted by atomic mass is 16.6. The fourth-order valence-electron chi connectivity index (χ4n) is 5.24. The van der Waals surface area contributed by atoms with E-state index in [1.807, 2.05) is 39.0 Å². The van der Waals surface area contributed by atoms with E-state index in [0.29, 0.717) is 37.3 Å². The summed E-state index contributed by atoms with van der Waals surface area (Å²) in [5.41, 5.74) is 9.64. The number of carbonyl (C=O) groups excluding carboxylic acids is 1. The Morgan fingerprint density at radius 3 is 2.72 bits per heavy atom. The van der Waals surface area contributed by atoms with Gasteiger partial charge in [-0.3, -0.25) is 9.79 Å². The van der Waals surface area contributed by atoms with Crippen molar-refractivity contribution in [1.29, 1.82) is 0 Å². The van der Waals surface area contributed by atoms with Crippen LogP contribution in [0.2, 0.25) is 0 Å². The van der Waals surface area contributed by atoms with Crippen LogP contribution in [0, 0.1) is 11.8 Å². The average Bonchev–Trinajstić information content (AvgIpc) is 2.79. The summed E-state index contributed by atoms with van der Waals surface area (Å²) >= 11 is 0. The topological polar surface area (TPSA) is 86.8 Å². The third-order valence-electron chi connectivity index (χ3n) is 6.90. The van der Waals surface area contributed by atoms with Crippen molar-refractivity contribution < 1.29 is 14.3 Å². The van der Waals surface area contributed by atoms with Crippen molar-refractivity contribution in [3.05, 3.63) is 29.8 Å². The highest BCUT2D eigenvalue weighted by molar-refractivity contribution is 5.95. The number of benzene rings is 1. The summed E-state index contributed by atoms with van der Waals surface area (Å²) in [4.78, 5) is 22.2. The molecule has 36 heavy (non-hydrogen) atoms. The quantitative estimate of drug-likeness (QED) is 0.248. The van der Waals surface area contributed by atoms with Crippen molar-refractivity contribution in [3.63, 3.8) is 0 Å². The molecule has 1 aliphatic heterocycles. The average molecular weight is 496 g/mol. The van der Waals surface area contributed by atoms with E-state index in [9.17, 15) is 4.79 Å². The minimum atomic E-state index is -0.530. The largest absolute Gasteiger partial charge is 0.460 e. The Hall–Kier alpha value is -2.47. The second-order valence-corrected chi connectivity index (χ2v) is 11.2. The zero-order valence-electron chi connectivity index (χ0n) is 22.9. The Morgan fingerprint density at radius 1 is 1.19 bits per heavy atom. The van der Waals surface area contributed by atoms with Gasteiger partial charge in [-0.05, 0) is 76.3 Å². The van der Waals surface area contributed by atoms with Gasteiger partial charge in [0.15, 0.2) is 0 Å². The van der Waals surface area contributed by atoms with Crippen LogP contribution in [-0.4, -0.2) is 35.5 Å². The number of hydrogen-bond donors (Lipinski definition) is 1. The number of rotatable bonds is 12. The first-order chi connectivity index (χ1) is 17.2. The number of hydrogen-bond acceptors (Lipinski definition) is 6. The number of aromatic nitrogens is 1. The molecule has 1 unspecified atom stereocenters. The van der Waals surface area contributed by atoms with Gasteiger partial charge in [0.2, 0.25) is 0 Å². The molecule has 0 amide bonds. The van der Waals surface area contributed by atoms with E-state index in [2.05, 4.69) is 24.9 Å². The molecule has 0 fully saturated rings. The molecule has 0 bridgehead atoms. The number of aryl methyl sites for hydroxylation is 1. The number of pyridine rings is 1. The second-order valence-electron chi connectivity index (χ2n) is 11.2.